The molecule has 0 radical (unpaired) electrons. The minimum atomic E-state index is -1.02. The van der Waals surface area contributed by atoms with E-state index in [9.17, 15) is 9.59 Å². The Labute approximate surface area is 144 Å². The Hall–Kier alpha value is -2.74. The topological polar surface area (TPSA) is 89.3 Å². The third-order valence-electron chi connectivity index (χ3n) is 4.87. The van der Waals surface area contributed by atoms with Crippen LogP contribution in [0.25, 0.3) is 0 Å². The van der Waals surface area contributed by atoms with Gasteiger partial charge in [0.25, 0.3) is 5.91 Å². The summed E-state index contributed by atoms with van der Waals surface area (Å²) in [6.07, 6.45) is 0.476. The molecule has 1 aromatic carbocycles. The van der Waals surface area contributed by atoms with Gasteiger partial charge in [-0.2, -0.15) is 0 Å². The zero-order valence-electron chi connectivity index (χ0n) is 13.9. The molecule has 1 saturated heterocycles. The first kappa shape index (κ1) is 15.8. The number of benzene rings is 1. The highest BCUT2D eigenvalue weighted by atomic mass is 16.5. The van der Waals surface area contributed by atoms with Crippen molar-refractivity contribution >= 4 is 11.9 Å². The van der Waals surface area contributed by atoms with Gasteiger partial charge in [0.1, 0.15) is 12.1 Å². The normalized spacial score (nSPS) is 22.8. The van der Waals surface area contributed by atoms with Gasteiger partial charge in [0.2, 0.25) is 0 Å². The van der Waals surface area contributed by atoms with Crippen LogP contribution in [0.5, 0.6) is 0 Å². The van der Waals surface area contributed by atoms with Crippen LogP contribution in [0.1, 0.15) is 30.6 Å². The number of nitrogens with one attached hydrogen (secondary N) is 1. The number of imide groups is 1. The maximum Gasteiger partial charge on any atom is 0.325 e. The molecular weight excluding hydrogens is 322 g/mol. The Morgan fingerprint density at radius 3 is 2.80 bits per heavy atom. The maximum atomic E-state index is 13.1. The van der Waals surface area contributed by atoms with Crippen LogP contribution >= 0.6 is 0 Å². The van der Waals surface area contributed by atoms with Gasteiger partial charge in [-0.15, -0.1) is 10.2 Å². The minimum Gasteiger partial charge on any atom is -0.372 e. The standard InChI is InChI=1S/C17H19N5O3/c1-2-17(12-6-4-3-5-7-12)15(23)22(16(24)18-17)10-13-19-20-14-11-25-9-8-21(13)14/h3-7H,2,8-11H2,1H3,(H,18,24). The molecule has 2 aliphatic rings. The molecule has 2 aliphatic heterocycles. The number of urea groups is 1. The number of nitrogens with zero attached hydrogens (tertiary/aromatic N) is 4. The van der Waals surface area contributed by atoms with Crippen molar-refractivity contribution in [1.29, 1.82) is 0 Å². The number of amides is 3. The lowest BCUT2D eigenvalue weighted by Crippen LogP contribution is -2.43. The second-order valence-electron chi connectivity index (χ2n) is 6.18. The van der Waals surface area contributed by atoms with Crippen molar-refractivity contribution < 1.29 is 14.3 Å². The van der Waals surface area contributed by atoms with E-state index in [1.165, 1.54) is 4.90 Å². The van der Waals surface area contributed by atoms with E-state index in [4.69, 9.17) is 4.74 Å². The monoisotopic (exact) mass is 341 g/mol. The van der Waals surface area contributed by atoms with E-state index in [2.05, 4.69) is 15.5 Å². The third kappa shape index (κ3) is 2.41. The van der Waals surface area contributed by atoms with Gasteiger partial charge in [-0.05, 0) is 12.0 Å². The van der Waals surface area contributed by atoms with E-state index in [0.717, 1.165) is 11.4 Å². The van der Waals surface area contributed by atoms with Gasteiger partial charge in [0.15, 0.2) is 11.6 Å². The molecule has 1 aromatic heterocycles. The summed E-state index contributed by atoms with van der Waals surface area (Å²) >= 11 is 0. The van der Waals surface area contributed by atoms with E-state index >= 15 is 0 Å². The molecule has 1 N–H and O–H groups in total. The number of carbonyl (C=O) groups excluding carboxylic acids is 2. The largest absolute Gasteiger partial charge is 0.372 e. The van der Waals surface area contributed by atoms with Gasteiger partial charge in [0, 0.05) is 6.54 Å². The maximum absolute atomic E-state index is 13.1. The summed E-state index contributed by atoms with van der Waals surface area (Å²) in [5.74, 6) is 1.07. The average molecular weight is 341 g/mol. The minimum absolute atomic E-state index is 0.103. The van der Waals surface area contributed by atoms with E-state index in [0.29, 0.717) is 32.0 Å². The van der Waals surface area contributed by atoms with Crippen molar-refractivity contribution in [2.75, 3.05) is 6.61 Å². The summed E-state index contributed by atoms with van der Waals surface area (Å²) in [5.41, 5.74) is -0.235. The first-order chi connectivity index (χ1) is 12.2. The van der Waals surface area contributed by atoms with E-state index in [-0.39, 0.29) is 12.5 Å². The van der Waals surface area contributed by atoms with Gasteiger partial charge < -0.3 is 14.6 Å². The number of ether oxygens (including phenoxy) is 1. The van der Waals surface area contributed by atoms with Gasteiger partial charge in [0.05, 0.1) is 13.2 Å². The SMILES string of the molecule is CCC1(c2ccccc2)NC(=O)N(Cc2nnc3n2CCOC3)C1=O. The summed E-state index contributed by atoms with van der Waals surface area (Å²) in [6, 6.07) is 8.94. The van der Waals surface area contributed by atoms with Crippen LogP contribution in [0, 0.1) is 0 Å². The number of fused-ring (bicyclic) bond motifs is 1. The van der Waals surface area contributed by atoms with Crippen molar-refractivity contribution in [2.24, 2.45) is 0 Å². The Kier molecular flexibility index (Phi) is 3.76. The molecule has 0 bridgehead atoms. The van der Waals surface area contributed by atoms with Crippen LogP contribution in [0.15, 0.2) is 30.3 Å². The Bertz CT molecular complexity index is 819. The quantitative estimate of drug-likeness (QED) is 0.843. The number of hydrogen-bond donors (Lipinski definition) is 1. The molecule has 0 aliphatic carbocycles. The van der Waals surface area contributed by atoms with E-state index < -0.39 is 11.6 Å². The van der Waals surface area contributed by atoms with Crippen LogP contribution in [0.3, 0.4) is 0 Å². The molecule has 3 heterocycles. The van der Waals surface area contributed by atoms with Crippen molar-refractivity contribution in [1.82, 2.24) is 25.0 Å². The van der Waals surface area contributed by atoms with Crippen molar-refractivity contribution in [3.63, 3.8) is 0 Å². The fraction of sp³-hybridized carbons (Fsp3) is 0.412. The zero-order chi connectivity index (χ0) is 17.4. The predicted molar refractivity (Wildman–Crippen MR) is 87.2 cm³/mol. The van der Waals surface area contributed by atoms with E-state index in [1.807, 2.05) is 41.8 Å². The molecule has 1 unspecified atom stereocenters. The summed E-state index contributed by atoms with van der Waals surface area (Å²) in [7, 11) is 0. The predicted octanol–water partition coefficient (Wildman–Crippen LogP) is 1.17. The summed E-state index contributed by atoms with van der Waals surface area (Å²) < 4.78 is 7.26. The highest BCUT2D eigenvalue weighted by molar-refractivity contribution is 6.07. The molecule has 0 spiro atoms. The molecule has 3 amide bonds. The Balaban J connectivity index is 1.64. The molecule has 2 aromatic rings. The fourth-order valence-corrected chi connectivity index (χ4v) is 3.45. The lowest BCUT2D eigenvalue weighted by atomic mass is 9.87. The molecule has 4 rings (SSSR count). The Morgan fingerprint density at radius 1 is 1.24 bits per heavy atom. The molecule has 1 fully saturated rings. The number of carbonyl (C=O) groups is 2. The average Bonchev–Trinajstić information content (AvgIpc) is 3.17. The second-order valence-corrected chi connectivity index (χ2v) is 6.18. The fourth-order valence-electron chi connectivity index (χ4n) is 3.45. The summed E-state index contributed by atoms with van der Waals surface area (Å²) in [5, 5.41) is 11.1. The van der Waals surface area contributed by atoms with Gasteiger partial charge in [-0.1, -0.05) is 37.3 Å². The van der Waals surface area contributed by atoms with Gasteiger partial charge in [-0.3, -0.25) is 9.69 Å². The molecule has 8 heteroatoms. The zero-order valence-corrected chi connectivity index (χ0v) is 13.9. The van der Waals surface area contributed by atoms with Crippen molar-refractivity contribution in [2.45, 2.75) is 38.6 Å². The number of aromatic nitrogens is 3. The van der Waals surface area contributed by atoms with Crippen LogP contribution in [-0.4, -0.2) is 38.2 Å². The van der Waals surface area contributed by atoms with E-state index in [1.54, 1.807) is 0 Å². The summed E-state index contributed by atoms with van der Waals surface area (Å²) in [6.45, 7) is 3.59. The first-order valence-electron chi connectivity index (χ1n) is 8.34. The van der Waals surface area contributed by atoms with Crippen LogP contribution in [-0.2, 0) is 34.8 Å². The van der Waals surface area contributed by atoms with Gasteiger partial charge in [-0.25, -0.2) is 4.79 Å². The first-order valence-corrected chi connectivity index (χ1v) is 8.34. The number of rotatable bonds is 4. The molecule has 1 atom stereocenters. The molecule has 25 heavy (non-hydrogen) atoms. The lowest BCUT2D eigenvalue weighted by Gasteiger charge is -2.25. The smallest absolute Gasteiger partial charge is 0.325 e. The number of hydrogen-bond acceptors (Lipinski definition) is 5. The second kappa shape index (κ2) is 5.96. The molecule has 8 nitrogen and oxygen atoms in total. The van der Waals surface area contributed by atoms with Crippen LogP contribution in [0.2, 0.25) is 0 Å². The third-order valence-corrected chi connectivity index (χ3v) is 4.87. The summed E-state index contributed by atoms with van der Waals surface area (Å²) in [4.78, 5) is 26.9. The molecular formula is C17H19N5O3. The van der Waals surface area contributed by atoms with Crippen LogP contribution in [0.4, 0.5) is 4.79 Å². The van der Waals surface area contributed by atoms with Gasteiger partial charge >= 0.3 is 6.03 Å². The van der Waals surface area contributed by atoms with Crippen molar-refractivity contribution in [3.8, 4) is 0 Å². The van der Waals surface area contributed by atoms with Crippen molar-refractivity contribution in [3.05, 3.63) is 47.5 Å². The highest BCUT2D eigenvalue weighted by Crippen LogP contribution is 2.33. The lowest BCUT2D eigenvalue weighted by molar-refractivity contribution is -0.132. The molecule has 0 saturated carbocycles. The Morgan fingerprint density at radius 2 is 2.04 bits per heavy atom. The molecule has 130 valence electrons. The van der Waals surface area contributed by atoms with Crippen LogP contribution < -0.4 is 5.32 Å². The highest BCUT2D eigenvalue weighted by Gasteiger charge is 2.51.